The van der Waals surface area contributed by atoms with E-state index in [1.165, 1.54) is 0 Å². The number of carbonyl (C=O) groups excluding carboxylic acids is 1. The van der Waals surface area contributed by atoms with Crippen molar-refractivity contribution >= 4 is 5.97 Å². The molecule has 2 aliphatic heterocycles. The molecule has 0 spiro atoms. The van der Waals surface area contributed by atoms with Crippen molar-refractivity contribution in [2.75, 3.05) is 20.3 Å². The third-order valence-electron chi connectivity index (χ3n) is 4.32. The number of ether oxygens (including phenoxy) is 3. The summed E-state index contributed by atoms with van der Waals surface area (Å²) in [6, 6.07) is -0.583. The van der Waals surface area contributed by atoms with E-state index in [0.717, 1.165) is 5.57 Å². The van der Waals surface area contributed by atoms with E-state index in [-0.39, 0.29) is 23.3 Å². The lowest BCUT2D eigenvalue weighted by Crippen LogP contribution is -2.44. The van der Waals surface area contributed by atoms with Crippen molar-refractivity contribution in [1.82, 2.24) is 5.06 Å². The van der Waals surface area contributed by atoms with Gasteiger partial charge >= 0.3 is 5.97 Å². The average Bonchev–Trinajstić information content (AvgIpc) is 2.85. The second kappa shape index (κ2) is 7.16. The maximum absolute atomic E-state index is 12.7. The Labute approximate surface area is 151 Å². The number of nitrogens with zero attached hydrogens (tertiary/aromatic N) is 1. The lowest BCUT2D eigenvalue weighted by molar-refractivity contribution is -0.199. The summed E-state index contributed by atoms with van der Waals surface area (Å²) < 4.78 is 17.4. The predicted octanol–water partition coefficient (Wildman–Crippen LogP) is 3.27. The topological polar surface area (TPSA) is 57.2 Å². The van der Waals surface area contributed by atoms with Crippen molar-refractivity contribution in [1.29, 1.82) is 0 Å². The van der Waals surface area contributed by atoms with Crippen LogP contribution in [0.1, 0.15) is 54.9 Å². The lowest BCUT2D eigenvalue weighted by Gasteiger charge is -2.34. The lowest BCUT2D eigenvalue weighted by atomic mass is 9.94. The maximum Gasteiger partial charge on any atom is 0.326 e. The van der Waals surface area contributed by atoms with E-state index < -0.39 is 11.6 Å². The van der Waals surface area contributed by atoms with Gasteiger partial charge in [0.05, 0.1) is 26.4 Å². The summed E-state index contributed by atoms with van der Waals surface area (Å²) in [5.74, 6) is 0.495. The summed E-state index contributed by atoms with van der Waals surface area (Å²) in [6.45, 7) is 15.2. The molecule has 0 aromatic carbocycles. The van der Waals surface area contributed by atoms with Crippen molar-refractivity contribution in [3.8, 4) is 0 Å². The first-order valence-electron chi connectivity index (χ1n) is 8.99. The summed E-state index contributed by atoms with van der Waals surface area (Å²) >= 11 is 0. The largest absolute Gasteiger partial charge is 0.465 e. The minimum absolute atomic E-state index is 0.0124. The Bertz CT molecular complexity index is 520. The number of hydrogen-bond acceptors (Lipinski definition) is 6. The van der Waals surface area contributed by atoms with Crippen molar-refractivity contribution in [2.45, 2.75) is 72.6 Å². The Morgan fingerprint density at radius 3 is 2.24 bits per heavy atom. The SMILES string of the molecule is CON1[C@@H](C(=O)OC(C)(C)C)CC(=C2OCC(C)(C)CO2)[C@H]1C(C)C. The molecule has 25 heavy (non-hydrogen) atoms. The molecule has 0 aromatic heterocycles. The molecule has 0 N–H and O–H groups in total. The van der Waals surface area contributed by atoms with E-state index in [9.17, 15) is 4.79 Å². The van der Waals surface area contributed by atoms with Crippen LogP contribution in [0.25, 0.3) is 0 Å². The summed E-state index contributed by atoms with van der Waals surface area (Å²) in [5, 5.41) is 1.73. The number of rotatable bonds is 3. The van der Waals surface area contributed by atoms with Gasteiger partial charge in [0.1, 0.15) is 11.6 Å². The van der Waals surface area contributed by atoms with Crippen LogP contribution in [-0.4, -0.2) is 49.0 Å². The fourth-order valence-corrected chi connectivity index (χ4v) is 3.26. The summed E-state index contributed by atoms with van der Waals surface area (Å²) in [7, 11) is 1.59. The Hall–Kier alpha value is -1.27. The highest BCUT2D eigenvalue weighted by atomic mass is 16.7. The van der Waals surface area contributed by atoms with Crippen LogP contribution >= 0.6 is 0 Å². The fraction of sp³-hybridized carbons (Fsp3) is 0.842. The van der Waals surface area contributed by atoms with Gasteiger partial charge in [-0.3, -0.25) is 4.79 Å². The monoisotopic (exact) mass is 355 g/mol. The molecule has 6 heteroatoms. The predicted molar refractivity (Wildman–Crippen MR) is 94.4 cm³/mol. The van der Waals surface area contributed by atoms with Crippen molar-refractivity contribution in [2.24, 2.45) is 11.3 Å². The molecule has 0 unspecified atom stereocenters. The molecule has 2 saturated heterocycles. The first kappa shape index (κ1) is 20.0. The minimum atomic E-state index is -0.540. The van der Waals surface area contributed by atoms with Gasteiger partial charge in [-0.05, 0) is 26.7 Å². The van der Waals surface area contributed by atoms with Crippen LogP contribution < -0.4 is 0 Å². The van der Waals surface area contributed by atoms with E-state index in [2.05, 4.69) is 27.7 Å². The third-order valence-corrected chi connectivity index (χ3v) is 4.32. The van der Waals surface area contributed by atoms with Crippen molar-refractivity contribution < 1.29 is 23.8 Å². The first-order valence-corrected chi connectivity index (χ1v) is 8.99. The first-order chi connectivity index (χ1) is 11.4. The molecule has 2 aliphatic rings. The molecule has 6 nitrogen and oxygen atoms in total. The Morgan fingerprint density at radius 2 is 1.80 bits per heavy atom. The molecule has 0 aliphatic carbocycles. The molecule has 0 amide bonds. The van der Waals surface area contributed by atoms with Gasteiger partial charge in [-0.1, -0.05) is 27.7 Å². The van der Waals surface area contributed by atoms with Crippen LogP contribution in [0.4, 0.5) is 0 Å². The van der Waals surface area contributed by atoms with Crippen LogP contribution in [-0.2, 0) is 23.8 Å². The fourth-order valence-electron chi connectivity index (χ4n) is 3.26. The van der Waals surface area contributed by atoms with Crippen LogP contribution in [0.15, 0.2) is 11.5 Å². The standard InChI is InChI=1S/C19H33NO5/c1-12(2)15-13(17-23-10-19(6,7)11-24-17)9-14(20(15)22-8)16(21)25-18(3,4)5/h12,14-15H,9-11H2,1-8H3/t14-,15-/m1/s1. The number of esters is 1. The number of carbonyl (C=O) groups is 1. The smallest absolute Gasteiger partial charge is 0.326 e. The zero-order valence-electron chi connectivity index (χ0n) is 16.8. The number of hydroxylamine groups is 2. The number of hydrogen-bond donors (Lipinski definition) is 0. The van der Waals surface area contributed by atoms with E-state index in [1.54, 1.807) is 12.2 Å². The minimum Gasteiger partial charge on any atom is -0.465 e. The zero-order chi connectivity index (χ0) is 19.0. The third kappa shape index (κ3) is 4.67. The van der Waals surface area contributed by atoms with Crippen LogP contribution in [0.2, 0.25) is 0 Å². The molecule has 2 rings (SSSR count). The van der Waals surface area contributed by atoms with Gasteiger partial charge in [0.25, 0.3) is 5.95 Å². The van der Waals surface area contributed by atoms with Crippen molar-refractivity contribution in [3.63, 3.8) is 0 Å². The van der Waals surface area contributed by atoms with Gasteiger partial charge in [0.2, 0.25) is 0 Å². The Kier molecular flexibility index (Phi) is 5.74. The molecular weight excluding hydrogens is 322 g/mol. The summed E-state index contributed by atoms with van der Waals surface area (Å²) in [4.78, 5) is 18.3. The van der Waals surface area contributed by atoms with Gasteiger partial charge in [0, 0.05) is 17.4 Å². The van der Waals surface area contributed by atoms with Gasteiger partial charge in [-0.25, -0.2) is 0 Å². The molecule has 2 fully saturated rings. The molecule has 0 radical (unpaired) electrons. The summed E-state index contributed by atoms with van der Waals surface area (Å²) in [6.07, 6.45) is 0.487. The summed E-state index contributed by atoms with van der Waals surface area (Å²) in [5.41, 5.74) is 0.423. The normalized spacial score (nSPS) is 27.2. The van der Waals surface area contributed by atoms with Crippen molar-refractivity contribution in [3.05, 3.63) is 11.5 Å². The van der Waals surface area contributed by atoms with E-state index in [0.29, 0.717) is 25.6 Å². The Balaban J connectivity index is 2.30. The van der Waals surface area contributed by atoms with Crippen LogP contribution in [0.5, 0.6) is 0 Å². The second-order valence-corrected chi connectivity index (χ2v) is 9.04. The van der Waals surface area contributed by atoms with E-state index in [1.807, 2.05) is 20.8 Å². The van der Waals surface area contributed by atoms with Gasteiger partial charge in [0.15, 0.2) is 0 Å². The molecule has 0 bridgehead atoms. The molecular formula is C19H33NO5. The second-order valence-electron chi connectivity index (χ2n) is 9.04. The molecule has 2 atom stereocenters. The van der Waals surface area contributed by atoms with E-state index >= 15 is 0 Å². The average molecular weight is 355 g/mol. The highest BCUT2D eigenvalue weighted by molar-refractivity contribution is 5.77. The highest BCUT2D eigenvalue weighted by Gasteiger charge is 2.48. The van der Waals surface area contributed by atoms with Gasteiger partial charge < -0.3 is 19.0 Å². The molecule has 2 heterocycles. The Morgan fingerprint density at radius 1 is 1.24 bits per heavy atom. The van der Waals surface area contributed by atoms with E-state index in [4.69, 9.17) is 19.0 Å². The molecule has 0 aromatic rings. The molecule has 144 valence electrons. The maximum atomic E-state index is 12.7. The van der Waals surface area contributed by atoms with Gasteiger partial charge in [-0.15, -0.1) is 0 Å². The zero-order valence-corrected chi connectivity index (χ0v) is 16.8. The van der Waals surface area contributed by atoms with Crippen LogP contribution in [0.3, 0.4) is 0 Å². The highest BCUT2D eigenvalue weighted by Crippen LogP contribution is 2.39. The molecule has 0 saturated carbocycles. The van der Waals surface area contributed by atoms with Crippen LogP contribution in [0, 0.1) is 11.3 Å². The van der Waals surface area contributed by atoms with Gasteiger partial charge in [-0.2, -0.15) is 5.06 Å². The quantitative estimate of drug-likeness (QED) is 0.724.